The molecule has 1 saturated heterocycles. The Kier molecular flexibility index (Phi) is 4.48. The lowest BCUT2D eigenvalue weighted by molar-refractivity contribution is 0.0675. The number of hydrogen-bond donors (Lipinski definition) is 0. The second kappa shape index (κ2) is 6.66. The van der Waals surface area contributed by atoms with E-state index in [1.54, 1.807) is 17.4 Å². The maximum Gasteiger partial charge on any atom is 0.273 e. The summed E-state index contributed by atoms with van der Waals surface area (Å²) in [5.74, 6) is 0.782. The second-order valence-corrected chi connectivity index (χ2v) is 9.83. The minimum atomic E-state index is -3.04. The van der Waals surface area contributed by atoms with Crippen LogP contribution in [0.15, 0.2) is 29.6 Å². The molecule has 1 aromatic heterocycles. The molecule has 2 aliphatic rings. The van der Waals surface area contributed by atoms with Crippen LogP contribution >= 0.6 is 11.3 Å². The van der Waals surface area contributed by atoms with E-state index in [9.17, 15) is 13.2 Å². The van der Waals surface area contributed by atoms with E-state index < -0.39 is 9.84 Å². The van der Waals surface area contributed by atoms with Crippen LogP contribution in [0.25, 0.3) is 10.6 Å². The number of para-hydroxylation sites is 1. The van der Waals surface area contributed by atoms with Gasteiger partial charge < -0.3 is 9.64 Å². The summed E-state index contributed by atoms with van der Waals surface area (Å²) in [6.07, 6.45) is 2.39. The van der Waals surface area contributed by atoms with Gasteiger partial charge in [0.05, 0.1) is 24.2 Å². The average molecular weight is 393 g/mol. The van der Waals surface area contributed by atoms with Crippen LogP contribution in [0.1, 0.15) is 29.8 Å². The zero-order chi connectivity index (χ0) is 18.3. The predicted octanol–water partition coefficient (Wildman–Crippen LogP) is 2.61. The first-order valence-electron chi connectivity index (χ1n) is 8.60. The zero-order valence-corrected chi connectivity index (χ0v) is 16.1. The number of benzene rings is 1. The van der Waals surface area contributed by atoms with Gasteiger partial charge in [-0.1, -0.05) is 12.1 Å². The molecule has 1 unspecified atom stereocenters. The van der Waals surface area contributed by atoms with E-state index in [2.05, 4.69) is 4.98 Å². The molecule has 1 aliphatic carbocycles. The molecule has 2 aromatic rings. The van der Waals surface area contributed by atoms with Crippen LogP contribution in [0, 0.1) is 0 Å². The molecule has 4 rings (SSSR count). The van der Waals surface area contributed by atoms with Gasteiger partial charge in [-0.05, 0) is 31.4 Å². The Morgan fingerprint density at radius 1 is 1.23 bits per heavy atom. The number of sulfone groups is 1. The van der Waals surface area contributed by atoms with Gasteiger partial charge in [-0.25, -0.2) is 13.4 Å². The lowest BCUT2D eigenvalue weighted by Crippen LogP contribution is -2.42. The maximum atomic E-state index is 13.1. The molecule has 1 saturated carbocycles. The number of amides is 1. The van der Waals surface area contributed by atoms with E-state index in [1.807, 2.05) is 24.3 Å². The number of carbonyl (C=O) groups is 1. The molecule has 2 heterocycles. The van der Waals surface area contributed by atoms with E-state index in [4.69, 9.17) is 4.74 Å². The van der Waals surface area contributed by atoms with Crippen molar-refractivity contribution < 1.29 is 17.9 Å². The second-order valence-electron chi connectivity index (χ2n) is 6.74. The lowest BCUT2D eigenvalue weighted by atomic mass is 10.2. The van der Waals surface area contributed by atoms with Gasteiger partial charge in [0, 0.05) is 17.5 Å². The molecule has 2 fully saturated rings. The molecule has 26 heavy (non-hydrogen) atoms. The summed E-state index contributed by atoms with van der Waals surface area (Å²) in [6.45, 7) is 0. The molecule has 1 aliphatic heterocycles. The highest BCUT2D eigenvalue weighted by atomic mass is 32.2. The first-order valence-corrected chi connectivity index (χ1v) is 11.3. The van der Waals surface area contributed by atoms with Gasteiger partial charge in [0.15, 0.2) is 9.84 Å². The Labute approximate surface area is 156 Å². The molecule has 138 valence electrons. The van der Waals surface area contributed by atoms with Crippen LogP contribution in [-0.2, 0) is 9.84 Å². The molecule has 8 heteroatoms. The molecule has 0 bridgehead atoms. The van der Waals surface area contributed by atoms with E-state index in [0.29, 0.717) is 17.9 Å². The van der Waals surface area contributed by atoms with Crippen molar-refractivity contribution in [1.82, 2.24) is 9.88 Å². The van der Waals surface area contributed by atoms with Crippen LogP contribution in [-0.4, -0.2) is 54.9 Å². The number of methoxy groups -OCH3 is 1. The van der Waals surface area contributed by atoms with Crippen molar-refractivity contribution in [3.8, 4) is 16.3 Å². The van der Waals surface area contributed by atoms with Crippen LogP contribution in [0.2, 0.25) is 0 Å². The number of aromatic nitrogens is 1. The monoisotopic (exact) mass is 392 g/mol. The first kappa shape index (κ1) is 17.5. The third kappa shape index (κ3) is 3.35. The first-order chi connectivity index (χ1) is 12.5. The highest BCUT2D eigenvalue weighted by Crippen LogP contribution is 2.35. The van der Waals surface area contributed by atoms with Crippen LogP contribution in [0.4, 0.5) is 0 Å². The fourth-order valence-corrected chi connectivity index (χ4v) is 5.96. The number of carbonyl (C=O) groups excluding carboxylic acids is 1. The third-order valence-electron chi connectivity index (χ3n) is 4.84. The quantitative estimate of drug-likeness (QED) is 0.782. The highest BCUT2D eigenvalue weighted by molar-refractivity contribution is 7.91. The fraction of sp³-hybridized carbons (Fsp3) is 0.444. The fourth-order valence-electron chi connectivity index (χ4n) is 3.43. The SMILES string of the molecule is COc1ccccc1-c1nc(C(=O)N(C2CC2)C2CCS(=O)(=O)C2)cs1. The van der Waals surface area contributed by atoms with E-state index in [0.717, 1.165) is 23.4 Å². The van der Waals surface area contributed by atoms with Crippen LogP contribution < -0.4 is 4.74 Å². The topological polar surface area (TPSA) is 76.6 Å². The maximum absolute atomic E-state index is 13.1. The van der Waals surface area contributed by atoms with Crippen LogP contribution in [0.3, 0.4) is 0 Å². The number of thiazole rings is 1. The third-order valence-corrected chi connectivity index (χ3v) is 7.46. The van der Waals surface area contributed by atoms with Crippen molar-refractivity contribution in [3.63, 3.8) is 0 Å². The minimum absolute atomic E-state index is 0.0682. The van der Waals surface area contributed by atoms with Gasteiger partial charge in [-0.3, -0.25) is 4.79 Å². The molecular weight excluding hydrogens is 372 g/mol. The van der Waals surface area contributed by atoms with Crippen molar-refractivity contribution in [2.45, 2.75) is 31.3 Å². The highest BCUT2D eigenvalue weighted by Gasteiger charge is 2.42. The van der Waals surface area contributed by atoms with Gasteiger partial charge >= 0.3 is 0 Å². The van der Waals surface area contributed by atoms with E-state index >= 15 is 0 Å². The van der Waals surface area contributed by atoms with Gasteiger partial charge in [-0.15, -0.1) is 11.3 Å². The van der Waals surface area contributed by atoms with Gasteiger partial charge in [-0.2, -0.15) is 0 Å². The Morgan fingerprint density at radius 2 is 2.00 bits per heavy atom. The number of rotatable bonds is 5. The molecule has 1 atom stereocenters. The Hall–Kier alpha value is -1.93. The molecule has 1 aromatic carbocycles. The summed E-state index contributed by atoms with van der Waals surface area (Å²) in [6, 6.07) is 7.48. The largest absolute Gasteiger partial charge is 0.496 e. The Morgan fingerprint density at radius 3 is 2.65 bits per heavy atom. The molecule has 0 spiro atoms. The summed E-state index contributed by atoms with van der Waals surface area (Å²) in [4.78, 5) is 19.4. The van der Waals surface area contributed by atoms with Gasteiger partial charge in [0.2, 0.25) is 0 Å². The lowest BCUT2D eigenvalue weighted by Gasteiger charge is -2.27. The average Bonchev–Trinajstić information content (AvgIpc) is 3.21. The minimum Gasteiger partial charge on any atom is -0.496 e. The number of hydrogen-bond acceptors (Lipinski definition) is 6. The van der Waals surface area contributed by atoms with Crippen molar-refractivity contribution in [3.05, 3.63) is 35.3 Å². The predicted molar refractivity (Wildman–Crippen MR) is 100 cm³/mol. The van der Waals surface area contributed by atoms with Gasteiger partial charge in [0.1, 0.15) is 16.5 Å². The van der Waals surface area contributed by atoms with E-state index in [-0.39, 0.29) is 29.5 Å². The molecule has 0 radical (unpaired) electrons. The van der Waals surface area contributed by atoms with Crippen molar-refractivity contribution in [1.29, 1.82) is 0 Å². The molecule has 0 N–H and O–H groups in total. The summed E-state index contributed by atoms with van der Waals surface area (Å²) in [7, 11) is -1.43. The Balaban J connectivity index is 1.61. The zero-order valence-electron chi connectivity index (χ0n) is 14.4. The molecule has 1 amide bonds. The normalized spacial score (nSPS) is 21.5. The molecule has 6 nitrogen and oxygen atoms in total. The number of nitrogens with zero attached hydrogens (tertiary/aromatic N) is 2. The van der Waals surface area contributed by atoms with Crippen molar-refractivity contribution in [2.24, 2.45) is 0 Å². The van der Waals surface area contributed by atoms with E-state index in [1.165, 1.54) is 11.3 Å². The summed E-state index contributed by atoms with van der Waals surface area (Å²) >= 11 is 1.40. The van der Waals surface area contributed by atoms with Crippen LogP contribution in [0.5, 0.6) is 5.75 Å². The van der Waals surface area contributed by atoms with Gasteiger partial charge in [0.25, 0.3) is 5.91 Å². The molecular formula is C18H20N2O4S2. The number of ether oxygens (including phenoxy) is 1. The Bertz CT molecular complexity index is 934. The smallest absolute Gasteiger partial charge is 0.273 e. The van der Waals surface area contributed by atoms with Crippen molar-refractivity contribution >= 4 is 27.1 Å². The summed E-state index contributed by atoms with van der Waals surface area (Å²) in [5.41, 5.74) is 1.23. The summed E-state index contributed by atoms with van der Waals surface area (Å²) < 4.78 is 29.1. The van der Waals surface area contributed by atoms with Crippen molar-refractivity contribution in [2.75, 3.05) is 18.6 Å². The standard InChI is InChI=1S/C18H20N2O4S2/c1-24-16-5-3-2-4-14(16)17-19-15(10-25-17)18(21)20(12-6-7-12)13-8-9-26(22,23)11-13/h2-5,10,12-13H,6-9,11H2,1H3. The summed E-state index contributed by atoms with van der Waals surface area (Å²) in [5, 5.41) is 2.48.